The maximum Gasteiger partial charge on any atom is 0.243 e. The number of methoxy groups -OCH3 is 1. The van der Waals surface area contributed by atoms with Gasteiger partial charge in [0.05, 0.1) is 29.6 Å². The molecule has 0 bridgehead atoms. The lowest BCUT2D eigenvalue weighted by molar-refractivity contribution is -0.121. The third kappa shape index (κ3) is 5.21. The second kappa shape index (κ2) is 9.36. The van der Waals surface area contributed by atoms with Crippen LogP contribution in [0.15, 0.2) is 47.4 Å². The Kier molecular flexibility index (Phi) is 7.40. The molecule has 2 rings (SSSR count). The topological polar surface area (TPSA) is 75.7 Å². The lowest BCUT2D eigenvalue weighted by atomic mass is 10.1. The molecule has 0 aromatic heterocycles. The van der Waals surface area contributed by atoms with Gasteiger partial charge < -0.3 is 10.1 Å². The van der Waals surface area contributed by atoms with E-state index in [0.717, 1.165) is 4.31 Å². The number of carbonyl (C=O) groups is 1. The molecule has 0 heterocycles. The van der Waals surface area contributed by atoms with Crippen LogP contribution in [0.3, 0.4) is 0 Å². The van der Waals surface area contributed by atoms with E-state index < -0.39 is 22.0 Å². The number of amides is 1. The number of carbonyl (C=O) groups excluding carboxylic acids is 1. The molecule has 152 valence electrons. The van der Waals surface area contributed by atoms with Crippen LogP contribution in [0.4, 0.5) is 4.39 Å². The number of hydrogen-bond donors (Lipinski definition) is 1. The molecule has 1 amide bonds. The summed E-state index contributed by atoms with van der Waals surface area (Å²) in [5.74, 6) is -0.486. The fraction of sp³-hybridized carbons (Fsp3) is 0.316. The fourth-order valence-electron chi connectivity index (χ4n) is 2.61. The molecule has 0 aliphatic rings. The van der Waals surface area contributed by atoms with Gasteiger partial charge in [-0.3, -0.25) is 4.79 Å². The second-order valence-corrected chi connectivity index (χ2v) is 8.41. The van der Waals surface area contributed by atoms with E-state index in [2.05, 4.69) is 5.32 Å². The average Bonchev–Trinajstić information content (AvgIpc) is 2.66. The molecule has 1 N–H and O–H groups in total. The largest absolute Gasteiger partial charge is 0.495 e. The van der Waals surface area contributed by atoms with Gasteiger partial charge in [0.1, 0.15) is 11.6 Å². The lowest BCUT2D eigenvalue weighted by Gasteiger charge is -2.22. The molecular formula is C19H22ClFN2O4S. The van der Waals surface area contributed by atoms with Crippen molar-refractivity contribution in [2.75, 3.05) is 20.2 Å². The van der Waals surface area contributed by atoms with Crippen LogP contribution in [0.1, 0.15) is 25.5 Å². The molecule has 2 aromatic carbocycles. The summed E-state index contributed by atoms with van der Waals surface area (Å²) in [4.78, 5) is 12.3. The van der Waals surface area contributed by atoms with Gasteiger partial charge in [0.25, 0.3) is 0 Å². The van der Waals surface area contributed by atoms with Crippen molar-refractivity contribution in [2.24, 2.45) is 0 Å². The van der Waals surface area contributed by atoms with Crippen molar-refractivity contribution in [3.8, 4) is 5.75 Å². The summed E-state index contributed by atoms with van der Waals surface area (Å²) in [6.45, 7) is 3.12. The maximum absolute atomic E-state index is 13.0. The molecule has 1 unspecified atom stereocenters. The zero-order valence-electron chi connectivity index (χ0n) is 15.8. The minimum Gasteiger partial charge on any atom is -0.495 e. The van der Waals surface area contributed by atoms with Crippen LogP contribution in [0.2, 0.25) is 5.02 Å². The van der Waals surface area contributed by atoms with Gasteiger partial charge in [0.2, 0.25) is 15.9 Å². The molecule has 0 saturated carbocycles. The zero-order valence-corrected chi connectivity index (χ0v) is 17.3. The van der Waals surface area contributed by atoms with Crippen LogP contribution in [0.5, 0.6) is 5.75 Å². The molecule has 0 aliphatic carbocycles. The van der Waals surface area contributed by atoms with Crippen LogP contribution in [-0.2, 0) is 14.8 Å². The van der Waals surface area contributed by atoms with E-state index in [4.69, 9.17) is 16.3 Å². The Morgan fingerprint density at radius 1 is 1.25 bits per heavy atom. The van der Waals surface area contributed by atoms with Gasteiger partial charge in [-0.15, -0.1) is 0 Å². The summed E-state index contributed by atoms with van der Waals surface area (Å²) < 4.78 is 44.8. The Hall–Kier alpha value is -2.16. The van der Waals surface area contributed by atoms with Crippen LogP contribution in [0.25, 0.3) is 0 Å². The fourth-order valence-corrected chi connectivity index (χ4v) is 4.36. The second-order valence-electron chi connectivity index (χ2n) is 6.07. The smallest absolute Gasteiger partial charge is 0.243 e. The molecule has 0 radical (unpaired) electrons. The SMILES string of the molecule is CCN(CC(=O)NC(C)c1ccc(F)cc1)S(=O)(=O)c1ccc(OC)c(Cl)c1. The van der Waals surface area contributed by atoms with E-state index in [1.807, 2.05) is 0 Å². The van der Waals surface area contributed by atoms with Crippen molar-refractivity contribution >= 4 is 27.5 Å². The molecule has 0 saturated heterocycles. The van der Waals surface area contributed by atoms with Gasteiger partial charge in [-0.05, 0) is 42.8 Å². The van der Waals surface area contributed by atoms with Gasteiger partial charge in [0.15, 0.2) is 0 Å². The van der Waals surface area contributed by atoms with E-state index in [1.54, 1.807) is 26.0 Å². The number of likely N-dealkylation sites (N-methyl/N-ethyl adjacent to an activating group) is 1. The molecule has 0 spiro atoms. The zero-order chi connectivity index (χ0) is 20.9. The van der Waals surface area contributed by atoms with E-state index in [1.165, 1.54) is 37.4 Å². The van der Waals surface area contributed by atoms with Gasteiger partial charge in [-0.2, -0.15) is 4.31 Å². The van der Waals surface area contributed by atoms with Crippen molar-refractivity contribution < 1.29 is 22.3 Å². The number of sulfonamides is 1. The lowest BCUT2D eigenvalue weighted by Crippen LogP contribution is -2.41. The molecule has 6 nitrogen and oxygen atoms in total. The molecule has 9 heteroatoms. The number of hydrogen-bond acceptors (Lipinski definition) is 4. The number of benzene rings is 2. The van der Waals surface area contributed by atoms with Crippen LogP contribution in [-0.4, -0.2) is 38.8 Å². The number of rotatable bonds is 8. The van der Waals surface area contributed by atoms with Crippen molar-refractivity contribution in [1.29, 1.82) is 0 Å². The molecular weight excluding hydrogens is 407 g/mol. The summed E-state index contributed by atoms with van der Waals surface area (Å²) in [6, 6.07) is 9.45. The number of nitrogens with one attached hydrogen (secondary N) is 1. The summed E-state index contributed by atoms with van der Waals surface area (Å²) in [5, 5.41) is 2.88. The summed E-state index contributed by atoms with van der Waals surface area (Å²) in [7, 11) is -2.49. The predicted octanol–water partition coefficient (Wildman–Crippen LogP) is 3.38. The minimum absolute atomic E-state index is 0.0282. The standard InChI is InChI=1S/C19H22ClFN2O4S/c1-4-23(28(25,26)16-9-10-18(27-3)17(20)11-16)12-19(24)22-13(2)14-5-7-15(21)8-6-14/h5-11,13H,4,12H2,1-3H3,(H,22,24). The number of ether oxygens (including phenoxy) is 1. The Morgan fingerprint density at radius 3 is 2.43 bits per heavy atom. The average molecular weight is 429 g/mol. The Labute approximate surface area is 169 Å². The van der Waals surface area contributed by atoms with E-state index >= 15 is 0 Å². The van der Waals surface area contributed by atoms with Gasteiger partial charge in [-0.25, -0.2) is 12.8 Å². The van der Waals surface area contributed by atoms with Crippen LogP contribution >= 0.6 is 11.6 Å². The van der Waals surface area contributed by atoms with Gasteiger partial charge in [-0.1, -0.05) is 30.7 Å². The Morgan fingerprint density at radius 2 is 1.89 bits per heavy atom. The predicted molar refractivity (Wildman–Crippen MR) is 105 cm³/mol. The molecule has 2 aromatic rings. The Bertz CT molecular complexity index is 935. The molecule has 0 fully saturated rings. The molecule has 28 heavy (non-hydrogen) atoms. The van der Waals surface area contributed by atoms with Crippen LogP contribution in [0, 0.1) is 5.82 Å². The van der Waals surface area contributed by atoms with Crippen molar-refractivity contribution in [1.82, 2.24) is 9.62 Å². The first-order chi connectivity index (χ1) is 13.2. The summed E-state index contributed by atoms with van der Waals surface area (Å²) in [6.07, 6.45) is 0. The third-order valence-corrected chi connectivity index (χ3v) is 6.39. The highest BCUT2D eigenvalue weighted by Crippen LogP contribution is 2.28. The van der Waals surface area contributed by atoms with Crippen molar-refractivity contribution in [3.63, 3.8) is 0 Å². The van der Waals surface area contributed by atoms with E-state index in [0.29, 0.717) is 11.3 Å². The third-order valence-electron chi connectivity index (χ3n) is 4.18. The Balaban J connectivity index is 2.12. The highest BCUT2D eigenvalue weighted by atomic mass is 35.5. The normalized spacial score (nSPS) is 12.6. The van der Waals surface area contributed by atoms with E-state index in [9.17, 15) is 17.6 Å². The monoisotopic (exact) mass is 428 g/mol. The molecule has 0 aliphatic heterocycles. The van der Waals surface area contributed by atoms with Crippen LogP contribution < -0.4 is 10.1 Å². The minimum atomic E-state index is -3.92. The first-order valence-electron chi connectivity index (χ1n) is 8.57. The van der Waals surface area contributed by atoms with Crippen molar-refractivity contribution in [3.05, 3.63) is 58.9 Å². The van der Waals surface area contributed by atoms with Gasteiger partial charge >= 0.3 is 0 Å². The quantitative estimate of drug-likeness (QED) is 0.699. The van der Waals surface area contributed by atoms with Gasteiger partial charge in [0, 0.05) is 6.54 Å². The summed E-state index contributed by atoms with van der Waals surface area (Å²) in [5.41, 5.74) is 0.711. The number of nitrogens with zero attached hydrogens (tertiary/aromatic N) is 1. The number of halogens is 2. The molecule has 1 atom stereocenters. The van der Waals surface area contributed by atoms with Crippen molar-refractivity contribution in [2.45, 2.75) is 24.8 Å². The first-order valence-corrected chi connectivity index (χ1v) is 10.4. The maximum atomic E-state index is 13.0. The first kappa shape index (κ1) is 22.1. The highest BCUT2D eigenvalue weighted by molar-refractivity contribution is 7.89. The summed E-state index contributed by atoms with van der Waals surface area (Å²) >= 11 is 6.02. The van der Waals surface area contributed by atoms with E-state index in [-0.39, 0.29) is 28.8 Å². The highest BCUT2D eigenvalue weighted by Gasteiger charge is 2.26.